The van der Waals surface area contributed by atoms with Crippen molar-refractivity contribution in [3.05, 3.63) is 30.0 Å². The molecule has 1 aliphatic heterocycles. The van der Waals surface area contributed by atoms with Crippen LogP contribution in [0.5, 0.6) is 11.5 Å². The fourth-order valence-electron chi connectivity index (χ4n) is 1.95. The highest BCUT2D eigenvalue weighted by molar-refractivity contribution is 5.91. The molecule has 2 aromatic rings. The van der Waals surface area contributed by atoms with E-state index in [2.05, 4.69) is 15.8 Å². The van der Waals surface area contributed by atoms with Gasteiger partial charge in [0.1, 0.15) is 5.76 Å². The molecule has 0 radical (unpaired) electrons. The number of nitrogens with one attached hydrogen (secondary N) is 2. The second kappa shape index (κ2) is 5.74. The number of ether oxygens (including phenoxy) is 2. The van der Waals surface area contributed by atoms with E-state index in [9.17, 15) is 4.79 Å². The Morgan fingerprint density at radius 1 is 1.29 bits per heavy atom. The molecule has 7 nitrogen and oxygen atoms in total. The molecule has 0 saturated heterocycles. The number of benzene rings is 1. The van der Waals surface area contributed by atoms with Crippen LogP contribution >= 0.6 is 0 Å². The molecule has 1 aliphatic rings. The number of carbonyl (C=O) groups excluding carboxylic acids is 1. The number of aromatic nitrogens is 1. The highest BCUT2D eigenvalue weighted by atomic mass is 16.7. The molecular weight excluding hydrogens is 274 g/mol. The molecule has 0 fully saturated rings. The van der Waals surface area contributed by atoms with Crippen LogP contribution in [-0.4, -0.2) is 24.4 Å². The molecule has 7 heteroatoms. The summed E-state index contributed by atoms with van der Waals surface area (Å²) >= 11 is 0. The van der Waals surface area contributed by atoms with Crippen molar-refractivity contribution < 1.29 is 18.8 Å². The molecular formula is C14H15N3O4. The van der Waals surface area contributed by atoms with E-state index in [-0.39, 0.29) is 12.7 Å². The van der Waals surface area contributed by atoms with Crippen LogP contribution in [-0.2, 0) is 4.79 Å². The van der Waals surface area contributed by atoms with Crippen LogP contribution in [0, 0.1) is 6.92 Å². The van der Waals surface area contributed by atoms with Gasteiger partial charge in [0.05, 0.1) is 0 Å². The molecule has 110 valence electrons. The Morgan fingerprint density at radius 2 is 2.14 bits per heavy atom. The predicted molar refractivity (Wildman–Crippen MR) is 75.5 cm³/mol. The monoisotopic (exact) mass is 289 g/mol. The lowest BCUT2D eigenvalue weighted by molar-refractivity contribution is -0.115. The van der Waals surface area contributed by atoms with Crippen LogP contribution in [0.3, 0.4) is 0 Å². The summed E-state index contributed by atoms with van der Waals surface area (Å²) in [5, 5.41) is 9.61. The van der Waals surface area contributed by atoms with Crippen LogP contribution in [0.25, 0.3) is 0 Å². The second-order valence-corrected chi connectivity index (χ2v) is 4.62. The smallest absolute Gasteiger partial charge is 0.231 e. The lowest BCUT2D eigenvalue weighted by Crippen LogP contribution is -2.16. The summed E-state index contributed by atoms with van der Waals surface area (Å²) < 4.78 is 15.4. The first-order chi connectivity index (χ1) is 10.2. The molecule has 21 heavy (non-hydrogen) atoms. The highest BCUT2D eigenvalue weighted by Gasteiger charge is 2.14. The number of amides is 1. The Balaban J connectivity index is 1.48. The molecule has 1 amide bonds. The maximum atomic E-state index is 11.8. The first kappa shape index (κ1) is 13.3. The summed E-state index contributed by atoms with van der Waals surface area (Å²) in [6.45, 7) is 2.50. The molecule has 3 rings (SSSR count). The molecule has 2 heterocycles. The van der Waals surface area contributed by atoms with Crippen molar-refractivity contribution in [3.8, 4) is 11.5 Å². The van der Waals surface area contributed by atoms with Crippen LogP contribution in [0.1, 0.15) is 12.2 Å². The van der Waals surface area contributed by atoms with E-state index in [0.717, 1.165) is 5.76 Å². The van der Waals surface area contributed by atoms with Crippen LogP contribution < -0.4 is 20.1 Å². The van der Waals surface area contributed by atoms with E-state index < -0.39 is 0 Å². The number of anilines is 2. The summed E-state index contributed by atoms with van der Waals surface area (Å²) in [5.41, 5.74) is 0.682. The van der Waals surface area contributed by atoms with Gasteiger partial charge in [-0.2, -0.15) is 0 Å². The molecule has 1 aromatic heterocycles. The van der Waals surface area contributed by atoms with Crippen molar-refractivity contribution in [2.24, 2.45) is 0 Å². The maximum Gasteiger partial charge on any atom is 0.231 e. The van der Waals surface area contributed by atoms with Crippen molar-refractivity contribution >= 4 is 17.4 Å². The van der Waals surface area contributed by atoms with Crippen molar-refractivity contribution in [2.75, 3.05) is 24.0 Å². The Kier molecular flexibility index (Phi) is 3.63. The van der Waals surface area contributed by atoms with Gasteiger partial charge in [0.25, 0.3) is 0 Å². The van der Waals surface area contributed by atoms with Crippen LogP contribution in [0.15, 0.2) is 28.8 Å². The average Bonchev–Trinajstić information content (AvgIpc) is 3.07. The number of rotatable bonds is 5. The normalized spacial score (nSPS) is 12.2. The SMILES string of the molecule is Cc1cc(NCCC(=O)Nc2ccc3c(c2)OCO3)no1. The third kappa shape index (κ3) is 3.25. The molecule has 0 aliphatic carbocycles. The van der Waals surface area contributed by atoms with Crippen LogP contribution in [0.2, 0.25) is 0 Å². The van der Waals surface area contributed by atoms with Gasteiger partial charge >= 0.3 is 0 Å². The topological polar surface area (TPSA) is 85.6 Å². The molecule has 0 unspecified atom stereocenters. The van der Waals surface area contributed by atoms with Gasteiger partial charge in [0, 0.05) is 30.8 Å². The minimum Gasteiger partial charge on any atom is -0.454 e. The van der Waals surface area contributed by atoms with E-state index in [1.165, 1.54) is 0 Å². The van der Waals surface area contributed by atoms with Gasteiger partial charge < -0.3 is 24.6 Å². The van der Waals surface area contributed by atoms with Crippen molar-refractivity contribution in [1.29, 1.82) is 0 Å². The Labute approximate surface area is 121 Å². The Bertz CT molecular complexity index is 653. The first-order valence-corrected chi connectivity index (χ1v) is 6.57. The first-order valence-electron chi connectivity index (χ1n) is 6.57. The molecule has 1 aromatic carbocycles. The summed E-state index contributed by atoms with van der Waals surface area (Å²) in [5.74, 6) is 2.59. The van der Waals surface area contributed by atoms with Gasteiger partial charge in [-0.05, 0) is 19.1 Å². The third-order valence-corrected chi connectivity index (χ3v) is 2.94. The minimum atomic E-state index is -0.0958. The summed E-state index contributed by atoms with van der Waals surface area (Å²) in [6, 6.07) is 7.07. The number of carbonyl (C=O) groups is 1. The fourth-order valence-corrected chi connectivity index (χ4v) is 1.95. The van der Waals surface area contributed by atoms with Gasteiger partial charge in [-0.1, -0.05) is 5.16 Å². The summed E-state index contributed by atoms with van der Waals surface area (Å²) in [6.07, 6.45) is 0.320. The van der Waals surface area contributed by atoms with E-state index >= 15 is 0 Å². The lowest BCUT2D eigenvalue weighted by Gasteiger charge is -2.06. The van der Waals surface area contributed by atoms with E-state index in [4.69, 9.17) is 14.0 Å². The molecule has 0 spiro atoms. The van der Waals surface area contributed by atoms with Crippen molar-refractivity contribution in [1.82, 2.24) is 5.16 Å². The number of hydrogen-bond acceptors (Lipinski definition) is 6. The van der Waals surface area contributed by atoms with Gasteiger partial charge in [-0.25, -0.2) is 0 Å². The zero-order valence-electron chi connectivity index (χ0n) is 11.5. The van der Waals surface area contributed by atoms with Gasteiger partial charge in [-0.3, -0.25) is 4.79 Å². The quantitative estimate of drug-likeness (QED) is 0.877. The third-order valence-electron chi connectivity index (χ3n) is 2.94. The zero-order chi connectivity index (χ0) is 14.7. The van der Waals surface area contributed by atoms with Gasteiger partial charge in [0.15, 0.2) is 17.3 Å². The largest absolute Gasteiger partial charge is 0.454 e. The highest BCUT2D eigenvalue weighted by Crippen LogP contribution is 2.34. The number of fused-ring (bicyclic) bond motifs is 1. The van der Waals surface area contributed by atoms with Gasteiger partial charge in [0.2, 0.25) is 12.7 Å². The average molecular weight is 289 g/mol. The Morgan fingerprint density at radius 3 is 2.95 bits per heavy atom. The summed E-state index contributed by atoms with van der Waals surface area (Å²) in [4.78, 5) is 11.8. The van der Waals surface area contributed by atoms with Crippen molar-refractivity contribution in [2.45, 2.75) is 13.3 Å². The zero-order valence-corrected chi connectivity index (χ0v) is 11.5. The predicted octanol–water partition coefficient (Wildman–Crippen LogP) is 2.15. The minimum absolute atomic E-state index is 0.0958. The number of aryl methyl sites for hydroxylation is 1. The standard InChI is InChI=1S/C14H15N3O4/c1-9-6-13(17-21-9)15-5-4-14(18)16-10-2-3-11-12(7-10)20-8-19-11/h2-3,6-7H,4-5,8H2,1H3,(H,15,17)(H,16,18). The van der Waals surface area contributed by atoms with Crippen LogP contribution in [0.4, 0.5) is 11.5 Å². The maximum absolute atomic E-state index is 11.8. The van der Waals surface area contributed by atoms with E-state index in [1.807, 2.05) is 6.92 Å². The second-order valence-electron chi connectivity index (χ2n) is 4.62. The Hall–Kier alpha value is -2.70. The molecule has 0 bridgehead atoms. The fraction of sp³-hybridized carbons (Fsp3) is 0.286. The van der Waals surface area contributed by atoms with Gasteiger partial charge in [-0.15, -0.1) is 0 Å². The summed E-state index contributed by atoms with van der Waals surface area (Å²) in [7, 11) is 0. The number of hydrogen-bond donors (Lipinski definition) is 2. The van der Waals surface area contributed by atoms with E-state index in [0.29, 0.717) is 36.0 Å². The van der Waals surface area contributed by atoms with Crippen molar-refractivity contribution in [3.63, 3.8) is 0 Å². The van der Waals surface area contributed by atoms with E-state index in [1.54, 1.807) is 24.3 Å². The molecule has 0 saturated carbocycles. The number of nitrogens with zero attached hydrogens (tertiary/aromatic N) is 1. The molecule has 0 atom stereocenters. The molecule has 2 N–H and O–H groups in total. The lowest BCUT2D eigenvalue weighted by atomic mass is 10.2.